The maximum Gasteiger partial charge on any atom is 0.145 e. The summed E-state index contributed by atoms with van der Waals surface area (Å²) in [5.74, 6) is 0.857. The highest BCUT2D eigenvalue weighted by Gasteiger charge is 2.11. The van der Waals surface area contributed by atoms with Crippen LogP contribution in [0, 0.1) is 13.8 Å². The lowest BCUT2D eigenvalue weighted by molar-refractivity contribution is 0.415. The molecule has 3 heteroatoms. The maximum atomic E-state index is 5.37. The molecule has 4 aromatic rings. The van der Waals surface area contributed by atoms with Gasteiger partial charge in [-0.1, -0.05) is 0 Å². The summed E-state index contributed by atoms with van der Waals surface area (Å²) in [6.45, 7) is 4.30. The third-order valence-electron chi connectivity index (χ3n) is 4.27. The molecule has 0 aliphatic heterocycles. The highest BCUT2D eigenvalue weighted by atomic mass is 16.5. The Morgan fingerprint density at radius 3 is 2.57 bits per heavy atom. The second-order valence-electron chi connectivity index (χ2n) is 5.49. The second-order valence-corrected chi connectivity index (χ2v) is 5.49. The van der Waals surface area contributed by atoms with Crippen LogP contribution in [0.5, 0.6) is 5.75 Å². The molecule has 104 valence electrons. The van der Waals surface area contributed by atoms with Gasteiger partial charge in [-0.15, -0.1) is 0 Å². The van der Waals surface area contributed by atoms with Crippen LogP contribution in [0.15, 0.2) is 42.7 Å². The number of hydrogen-bond donors (Lipinski definition) is 0. The molecule has 0 aliphatic rings. The third kappa shape index (κ3) is 1.64. The number of hydrogen-bond acceptors (Lipinski definition) is 2. The molecule has 0 radical (unpaired) electrons. The number of aromatic nitrogens is 2. The predicted molar refractivity (Wildman–Crippen MR) is 86.2 cm³/mol. The van der Waals surface area contributed by atoms with E-state index in [1.54, 1.807) is 7.11 Å². The van der Waals surface area contributed by atoms with E-state index in [9.17, 15) is 0 Å². The number of imidazole rings is 1. The summed E-state index contributed by atoms with van der Waals surface area (Å²) in [6, 6.07) is 10.7. The molecule has 0 amide bonds. The third-order valence-corrected chi connectivity index (χ3v) is 4.27. The molecule has 2 heterocycles. The van der Waals surface area contributed by atoms with E-state index in [1.807, 2.05) is 18.5 Å². The number of ether oxygens (including phenoxy) is 1. The van der Waals surface area contributed by atoms with E-state index in [4.69, 9.17) is 4.74 Å². The molecule has 0 fully saturated rings. The summed E-state index contributed by atoms with van der Waals surface area (Å²) in [7, 11) is 1.69. The molecule has 3 nitrogen and oxygen atoms in total. The lowest BCUT2D eigenvalue weighted by Gasteiger charge is -2.11. The van der Waals surface area contributed by atoms with E-state index in [0.717, 1.165) is 16.8 Å². The quantitative estimate of drug-likeness (QED) is 0.485. The Kier molecular flexibility index (Phi) is 2.45. The van der Waals surface area contributed by atoms with Crippen LogP contribution < -0.4 is 4.74 Å². The molecular formula is C18H16N2O. The van der Waals surface area contributed by atoms with Crippen LogP contribution in [0.1, 0.15) is 11.1 Å². The Labute approximate surface area is 122 Å². The first-order valence-electron chi connectivity index (χ1n) is 7.03. The van der Waals surface area contributed by atoms with Gasteiger partial charge in [0.15, 0.2) is 0 Å². The molecule has 21 heavy (non-hydrogen) atoms. The van der Waals surface area contributed by atoms with Gasteiger partial charge in [0.1, 0.15) is 11.4 Å². The second kappa shape index (κ2) is 4.22. The van der Waals surface area contributed by atoms with E-state index in [-0.39, 0.29) is 0 Å². The molecule has 0 aliphatic carbocycles. The first-order chi connectivity index (χ1) is 10.2. The molecule has 2 aromatic heterocycles. The van der Waals surface area contributed by atoms with Gasteiger partial charge in [0.05, 0.1) is 12.6 Å². The van der Waals surface area contributed by atoms with Gasteiger partial charge in [-0.2, -0.15) is 0 Å². The minimum Gasteiger partial charge on any atom is -0.497 e. The zero-order valence-electron chi connectivity index (χ0n) is 12.3. The van der Waals surface area contributed by atoms with Crippen LogP contribution in [0.25, 0.3) is 27.3 Å². The van der Waals surface area contributed by atoms with E-state index in [1.165, 1.54) is 27.4 Å². The molecule has 2 aromatic carbocycles. The summed E-state index contributed by atoms with van der Waals surface area (Å²) in [5, 5.41) is 3.59. The van der Waals surface area contributed by atoms with E-state index in [0.29, 0.717) is 0 Å². The average Bonchev–Trinajstić information content (AvgIpc) is 2.98. The first-order valence-corrected chi connectivity index (χ1v) is 7.03. The van der Waals surface area contributed by atoms with Gasteiger partial charge in [0.25, 0.3) is 0 Å². The number of aryl methyl sites for hydroxylation is 2. The minimum absolute atomic E-state index is 0.857. The SMILES string of the molecule is COc1ccc2c3cc(C)c(C)cc3n3ccnc3c2c1. The van der Waals surface area contributed by atoms with Gasteiger partial charge < -0.3 is 4.74 Å². The van der Waals surface area contributed by atoms with Crippen LogP contribution in [0.3, 0.4) is 0 Å². The summed E-state index contributed by atoms with van der Waals surface area (Å²) in [4.78, 5) is 4.53. The van der Waals surface area contributed by atoms with Gasteiger partial charge in [-0.25, -0.2) is 4.98 Å². The van der Waals surface area contributed by atoms with Gasteiger partial charge >= 0.3 is 0 Å². The van der Waals surface area contributed by atoms with Gasteiger partial charge in [0.2, 0.25) is 0 Å². The highest BCUT2D eigenvalue weighted by molar-refractivity contribution is 6.12. The van der Waals surface area contributed by atoms with Crippen molar-refractivity contribution in [2.75, 3.05) is 7.11 Å². The molecule has 0 atom stereocenters. The summed E-state index contributed by atoms with van der Waals surface area (Å²) in [5.41, 5.74) is 4.77. The van der Waals surface area contributed by atoms with Crippen molar-refractivity contribution in [1.82, 2.24) is 9.38 Å². The lowest BCUT2D eigenvalue weighted by atomic mass is 10.0. The van der Waals surface area contributed by atoms with Crippen LogP contribution in [0.2, 0.25) is 0 Å². The Hall–Kier alpha value is -2.55. The minimum atomic E-state index is 0.857. The number of methoxy groups -OCH3 is 1. The van der Waals surface area contributed by atoms with Crippen molar-refractivity contribution >= 4 is 27.3 Å². The number of nitrogens with zero attached hydrogens (tertiary/aromatic N) is 2. The van der Waals surface area contributed by atoms with Crippen molar-refractivity contribution < 1.29 is 4.74 Å². The molecular weight excluding hydrogens is 260 g/mol. The predicted octanol–water partition coefficient (Wildman–Crippen LogP) is 4.27. The van der Waals surface area contributed by atoms with E-state index in [2.05, 4.69) is 47.5 Å². The zero-order valence-corrected chi connectivity index (χ0v) is 12.3. The summed E-state index contributed by atoms with van der Waals surface area (Å²) < 4.78 is 7.52. The van der Waals surface area contributed by atoms with E-state index < -0.39 is 0 Å². The number of rotatable bonds is 1. The topological polar surface area (TPSA) is 26.5 Å². The zero-order chi connectivity index (χ0) is 14.6. The monoisotopic (exact) mass is 276 g/mol. The fraction of sp³-hybridized carbons (Fsp3) is 0.167. The summed E-state index contributed by atoms with van der Waals surface area (Å²) >= 11 is 0. The fourth-order valence-corrected chi connectivity index (χ4v) is 2.98. The molecule has 0 N–H and O–H groups in total. The summed E-state index contributed by atoms with van der Waals surface area (Å²) in [6.07, 6.45) is 3.87. The Morgan fingerprint density at radius 1 is 0.952 bits per heavy atom. The van der Waals surface area contributed by atoms with Crippen LogP contribution >= 0.6 is 0 Å². The lowest BCUT2D eigenvalue weighted by Crippen LogP contribution is -1.93. The average molecular weight is 276 g/mol. The molecule has 0 spiro atoms. The van der Waals surface area contributed by atoms with Gasteiger partial charge in [-0.05, 0) is 60.7 Å². The van der Waals surface area contributed by atoms with Gasteiger partial charge in [-0.3, -0.25) is 4.40 Å². The highest BCUT2D eigenvalue weighted by Crippen LogP contribution is 2.32. The van der Waals surface area contributed by atoms with E-state index >= 15 is 0 Å². The Balaban J connectivity index is 2.32. The molecule has 0 saturated carbocycles. The Bertz CT molecular complexity index is 999. The first kappa shape index (κ1) is 12.2. The molecule has 4 rings (SSSR count). The normalized spacial score (nSPS) is 11.6. The van der Waals surface area contributed by atoms with Crippen molar-refractivity contribution in [3.63, 3.8) is 0 Å². The smallest absolute Gasteiger partial charge is 0.145 e. The number of fused-ring (bicyclic) bond motifs is 6. The number of pyridine rings is 1. The largest absolute Gasteiger partial charge is 0.497 e. The molecule has 0 saturated heterocycles. The molecule has 0 bridgehead atoms. The fourth-order valence-electron chi connectivity index (χ4n) is 2.98. The van der Waals surface area contributed by atoms with Crippen LogP contribution in [0.4, 0.5) is 0 Å². The maximum absolute atomic E-state index is 5.37. The standard InChI is InChI=1S/C18H16N2O/c1-11-8-15-14-5-4-13(21-3)10-16(14)18-19-6-7-20(18)17(15)9-12(11)2/h4-10H,1-3H3. The van der Waals surface area contributed by atoms with Crippen LogP contribution in [-0.2, 0) is 0 Å². The van der Waals surface area contributed by atoms with Crippen molar-refractivity contribution in [3.05, 3.63) is 53.9 Å². The van der Waals surface area contributed by atoms with Crippen molar-refractivity contribution in [3.8, 4) is 5.75 Å². The van der Waals surface area contributed by atoms with Crippen molar-refractivity contribution in [1.29, 1.82) is 0 Å². The molecule has 0 unspecified atom stereocenters. The number of benzene rings is 2. The Morgan fingerprint density at radius 2 is 1.76 bits per heavy atom. The van der Waals surface area contributed by atoms with Gasteiger partial charge in [0, 0.05) is 23.2 Å². The van der Waals surface area contributed by atoms with Crippen molar-refractivity contribution in [2.45, 2.75) is 13.8 Å². The van der Waals surface area contributed by atoms with Crippen molar-refractivity contribution in [2.24, 2.45) is 0 Å². The van der Waals surface area contributed by atoms with Crippen LogP contribution in [-0.4, -0.2) is 16.5 Å².